The van der Waals surface area contributed by atoms with Gasteiger partial charge in [0.2, 0.25) is 0 Å². The van der Waals surface area contributed by atoms with Gasteiger partial charge in [-0.3, -0.25) is 4.68 Å². The van der Waals surface area contributed by atoms with E-state index < -0.39 is 5.97 Å². The molecule has 1 N–H and O–H groups in total. The molecule has 0 amide bonds. The van der Waals surface area contributed by atoms with Crippen LogP contribution in [0.1, 0.15) is 42.5 Å². The molecule has 0 radical (unpaired) electrons. The number of nitrogens with zero attached hydrogens (tertiary/aromatic N) is 2. The molecule has 0 aliphatic carbocycles. The summed E-state index contributed by atoms with van der Waals surface area (Å²) in [5.41, 5.74) is 2.16. The van der Waals surface area contributed by atoms with E-state index in [1.807, 2.05) is 22.9 Å². The highest BCUT2D eigenvalue weighted by molar-refractivity contribution is 5.85. The van der Waals surface area contributed by atoms with Gasteiger partial charge in [0.15, 0.2) is 5.69 Å². The third-order valence-corrected chi connectivity index (χ3v) is 3.22. The molecular weight excluding hydrogens is 252 g/mol. The van der Waals surface area contributed by atoms with Gasteiger partial charge in [-0.25, -0.2) is 4.79 Å². The number of hydrogen-bond acceptors (Lipinski definition) is 2. The Balaban J connectivity index is 2.24. The zero-order chi connectivity index (χ0) is 14.8. The van der Waals surface area contributed by atoms with E-state index in [0.29, 0.717) is 6.54 Å². The lowest BCUT2D eigenvalue weighted by Crippen LogP contribution is -2.19. The predicted octanol–water partition coefficient (Wildman–Crippen LogP) is 3.12. The van der Waals surface area contributed by atoms with Gasteiger partial charge in [0, 0.05) is 17.7 Å². The molecule has 0 unspecified atom stereocenters. The van der Waals surface area contributed by atoms with Crippen molar-refractivity contribution in [2.75, 3.05) is 0 Å². The van der Waals surface area contributed by atoms with Gasteiger partial charge in [-0.15, -0.1) is 0 Å². The maximum absolute atomic E-state index is 11.1. The number of aryl methyl sites for hydroxylation is 2. The average molecular weight is 272 g/mol. The third-order valence-electron chi connectivity index (χ3n) is 3.22. The average Bonchev–Trinajstić information content (AvgIpc) is 2.82. The lowest BCUT2D eigenvalue weighted by Gasteiger charge is -2.20. The summed E-state index contributed by atoms with van der Waals surface area (Å²) in [7, 11) is 0. The zero-order valence-electron chi connectivity index (χ0n) is 12.1. The standard InChI is InChI=1S/C16H20N2O2/c1-16(2,3)14-11-13(15(19)20)17-18(14)10-9-12-7-5-4-6-8-12/h4-8,11H,9-10H2,1-3H3,(H,19,20). The second-order valence-electron chi connectivity index (χ2n) is 5.93. The molecule has 0 aliphatic rings. The number of benzene rings is 1. The molecule has 1 aromatic carbocycles. The van der Waals surface area contributed by atoms with Crippen LogP contribution in [-0.2, 0) is 18.4 Å². The Labute approximate surface area is 119 Å². The van der Waals surface area contributed by atoms with Crippen LogP contribution in [0.3, 0.4) is 0 Å². The van der Waals surface area contributed by atoms with Gasteiger partial charge in [0.05, 0.1) is 0 Å². The molecule has 106 valence electrons. The van der Waals surface area contributed by atoms with Gasteiger partial charge in [-0.2, -0.15) is 5.10 Å². The Morgan fingerprint density at radius 3 is 2.45 bits per heavy atom. The number of aromatic carboxylic acids is 1. The number of rotatable bonds is 4. The fourth-order valence-corrected chi connectivity index (χ4v) is 2.18. The fraction of sp³-hybridized carbons (Fsp3) is 0.375. The van der Waals surface area contributed by atoms with Gasteiger partial charge in [-0.05, 0) is 18.1 Å². The largest absolute Gasteiger partial charge is 0.476 e. The molecular formula is C16H20N2O2. The van der Waals surface area contributed by atoms with Crippen LogP contribution in [0.25, 0.3) is 0 Å². The highest BCUT2D eigenvalue weighted by atomic mass is 16.4. The minimum absolute atomic E-state index is 0.114. The van der Waals surface area contributed by atoms with Crippen LogP contribution >= 0.6 is 0 Å². The van der Waals surface area contributed by atoms with Crippen molar-refractivity contribution >= 4 is 5.97 Å². The molecule has 0 spiro atoms. The topological polar surface area (TPSA) is 55.1 Å². The summed E-state index contributed by atoms with van der Waals surface area (Å²) in [5, 5.41) is 13.3. The molecule has 1 heterocycles. The van der Waals surface area contributed by atoms with E-state index in [2.05, 4.69) is 38.0 Å². The minimum atomic E-state index is -0.978. The van der Waals surface area contributed by atoms with E-state index in [1.54, 1.807) is 6.07 Å². The van der Waals surface area contributed by atoms with Gasteiger partial charge < -0.3 is 5.11 Å². The molecule has 4 nitrogen and oxygen atoms in total. The summed E-state index contributed by atoms with van der Waals surface area (Å²) in [6.07, 6.45) is 0.838. The first-order valence-corrected chi connectivity index (χ1v) is 6.73. The third kappa shape index (κ3) is 3.26. The highest BCUT2D eigenvalue weighted by Gasteiger charge is 2.22. The fourth-order valence-electron chi connectivity index (χ4n) is 2.18. The number of aromatic nitrogens is 2. The number of carboxylic acid groups (broad SMARTS) is 1. The SMILES string of the molecule is CC(C)(C)c1cc(C(=O)O)nn1CCc1ccccc1. The summed E-state index contributed by atoms with van der Waals surface area (Å²) >= 11 is 0. The first kappa shape index (κ1) is 14.3. The van der Waals surface area contributed by atoms with Crippen molar-refractivity contribution in [3.05, 3.63) is 53.3 Å². The second kappa shape index (κ2) is 5.49. The van der Waals surface area contributed by atoms with E-state index in [-0.39, 0.29) is 11.1 Å². The van der Waals surface area contributed by atoms with Crippen LogP contribution in [0.5, 0.6) is 0 Å². The Morgan fingerprint density at radius 2 is 1.90 bits per heavy atom. The van der Waals surface area contributed by atoms with Crippen LogP contribution in [0, 0.1) is 0 Å². The second-order valence-corrected chi connectivity index (χ2v) is 5.93. The van der Waals surface area contributed by atoms with E-state index in [1.165, 1.54) is 5.56 Å². The van der Waals surface area contributed by atoms with Crippen molar-refractivity contribution in [2.45, 2.75) is 39.2 Å². The van der Waals surface area contributed by atoms with Gasteiger partial charge in [0.25, 0.3) is 0 Å². The number of carbonyl (C=O) groups is 1. The number of carboxylic acids is 1. The lowest BCUT2D eigenvalue weighted by atomic mass is 9.91. The molecule has 0 atom stereocenters. The molecule has 4 heteroatoms. The Kier molecular flexibility index (Phi) is 3.93. The summed E-state index contributed by atoms with van der Waals surface area (Å²) < 4.78 is 1.82. The van der Waals surface area contributed by atoms with Crippen molar-refractivity contribution in [3.8, 4) is 0 Å². The summed E-state index contributed by atoms with van der Waals surface area (Å²) in [4.78, 5) is 11.1. The monoisotopic (exact) mass is 272 g/mol. The molecule has 0 fully saturated rings. The molecule has 0 bridgehead atoms. The highest BCUT2D eigenvalue weighted by Crippen LogP contribution is 2.23. The molecule has 2 aromatic rings. The van der Waals surface area contributed by atoms with Crippen LogP contribution in [0.4, 0.5) is 0 Å². The molecule has 0 aliphatic heterocycles. The van der Waals surface area contributed by atoms with Crippen molar-refractivity contribution in [1.82, 2.24) is 9.78 Å². The van der Waals surface area contributed by atoms with Gasteiger partial charge >= 0.3 is 5.97 Å². The smallest absolute Gasteiger partial charge is 0.356 e. The van der Waals surface area contributed by atoms with Crippen LogP contribution < -0.4 is 0 Å². The van der Waals surface area contributed by atoms with Crippen LogP contribution in [0.15, 0.2) is 36.4 Å². The van der Waals surface area contributed by atoms with Crippen molar-refractivity contribution in [1.29, 1.82) is 0 Å². The van der Waals surface area contributed by atoms with Gasteiger partial charge in [0.1, 0.15) is 0 Å². The quantitative estimate of drug-likeness (QED) is 0.930. The van der Waals surface area contributed by atoms with Gasteiger partial charge in [-0.1, -0.05) is 51.1 Å². The van der Waals surface area contributed by atoms with E-state index >= 15 is 0 Å². The van der Waals surface area contributed by atoms with Crippen LogP contribution in [-0.4, -0.2) is 20.9 Å². The van der Waals surface area contributed by atoms with Crippen molar-refractivity contribution in [2.24, 2.45) is 0 Å². The molecule has 1 aromatic heterocycles. The van der Waals surface area contributed by atoms with E-state index in [0.717, 1.165) is 12.1 Å². The lowest BCUT2D eigenvalue weighted by molar-refractivity contribution is 0.0689. The Hall–Kier alpha value is -2.10. The van der Waals surface area contributed by atoms with Crippen molar-refractivity contribution in [3.63, 3.8) is 0 Å². The van der Waals surface area contributed by atoms with E-state index in [4.69, 9.17) is 5.11 Å². The van der Waals surface area contributed by atoms with E-state index in [9.17, 15) is 4.79 Å². The summed E-state index contributed by atoms with van der Waals surface area (Å²) in [6, 6.07) is 11.8. The predicted molar refractivity (Wildman–Crippen MR) is 78.0 cm³/mol. The first-order valence-electron chi connectivity index (χ1n) is 6.73. The summed E-state index contributed by atoms with van der Waals surface area (Å²) in [6.45, 7) is 6.88. The Bertz CT molecular complexity index is 595. The zero-order valence-corrected chi connectivity index (χ0v) is 12.1. The van der Waals surface area contributed by atoms with Crippen LogP contribution in [0.2, 0.25) is 0 Å². The minimum Gasteiger partial charge on any atom is -0.476 e. The molecule has 0 saturated carbocycles. The normalized spacial score (nSPS) is 11.6. The molecule has 2 rings (SSSR count). The number of hydrogen-bond donors (Lipinski definition) is 1. The molecule has 0 saturated heterocycles. The Morgan fingerprint density at radius 1 is 1.25 bits per heavy atom. The maximum Gasteiger partial charge on any atom is 0.356 e. The van der Waals surface area contributed by atoms with Crippen molar-refractivity contribution < 1.29 is 9.90 Å². The first-order chi connectivity index (χ1) is 9.38. The molecule has 20 heavy (non-hydrogen) atoms. The summed E-state index contributed by atoms with van der Waals surface area (Å²) in [5.74, 6) is -0.978. The maximum atomic E-state index is 11.1.